The molecule has 1 aliphatic rings. The van der Waals surface area contributed by atoms with Crippen molar-refractivity contribution in [3.05, 3.63) is 78.6 Å². The van der Waals surface area contributed by atoms with Gasteiger partial charge in [0.15, 0.2) is 5.65 Å². The number of nitrogens with zero attached hydrogens (tertiary/aromatic N) is 6. The van der Waals surface area contributed by atoms with Crippen molar-refractivity contribution in [1.29, 1.82) is 0 Å². The number of anilines is 1. The zero-order valence-corrected chi connectivity index (χ0v) is 17.0. The van der Waals surface area contributed by atoms with Crippen LogP contribution in [0.1, 0.15) is 5.56 Å². The molecule has 0 saturated carbocycles. The Hall–Kier alpha value is -3.94. The molecule has 8 heteroatoms. The van der Waals surface area contributed by atoms with Crippen molar-refractivity contribution in [2.75, 3.05) is 31.1 Å². The number of carbonyl (C=O) groups excluding carboxylic acids is 1. The molecule has 31 heavy (non-hydrogen) atoms. The molecule has 1 amide bonds. The molecular weight excluding hydrogens is 392 g/mol. The van der Waals surface area contributed by atoms with Gasteiger partial charge in [-0.1, -0.05) is 30.3 Å². The second-order valence-corrected chi connectivity index (χ2v) is 7.43. The third-order valence-corrected chi connectivity index (χ3v) is 5.34. The normalized spacial score (nSPS) is 14.1. The SMILES string of the molecule is O=C(Cc1cccc(Oc2ccccc2)c1)N1CCN(c2ccc3nncn3n2)CC1. The minimum atomic E-state index is 0.124. The summed E-state index contributed by atoms with van der Waals surface area (Å²) in [6.07, 6.45) is 1.95. The fourth-order valence-electron chi connectivity index (χ4n) is 3.70. The molecule has 4 aromatic rings. The molecule has 0 spiro atoms. The van der Waals surface area contributed by atoms with Crippen LogP contribution in [0.15, 0.2) is 73.1 Å². The van der Waals surface area contributed by atoms with Crippen molar-refractivity contribution in [1.82, 2.24) is 24.7 Å². The summed E-state index contributed by atoms with van der Waals surface area (Å²) in [5.41, 5.74) is 1.66. The van der Waals surface area contributed by atoms with Gasteiger partial charge in [0.25, 0.3) is 0 Å². The van der Waals surface area contributed by atoms with E-state index in [4.69, 9.17) is 4.74 Å². The summed E-state index contributed by atoms with van der Waals surface area (Å²) in [5.74, 6) is 2.50. The second-order valence-electron chi connectivity index (χ2n) is 7.43. The summed E-state index contributed by atoms with van der Waals surface area (Å²) in [5, 5.41) is 12.4. The molecule has 0 unspecified atom stereocenters. The molecular formula is C23H22N6O2. The largest absolute Gasteiger partial charge is 0.457 e. The number of piperazine rings is 1. The Kier molecular flexibility index (Phi) is 5.18. The first-order chi connectivity index (χ1) is 15.2. The fraction of sp³-hybridized carbons (Fsp3) is 0.217. The van der Waals surface area contributed by atoms with Gasteiger partial charge in [0, 0.05) is 26.2 Å². The van der Waals surface area contributed by atoms with Gasteiger partial charge in [-0.3, -0.25) is 4.79 Å². The molecule has 3 heterocycles. The average molecular weight is 414 g/mol. The predicted octanol–water partition coefficient (Wildman–Crippen LogP) is 2.81. The molecule has 2 aromatic heterocycles. The number of ether oxygens (including phenoxy) is 1. The van der Waals surface area contributed by atoms with E-state index in [2.05, 4.69) is 20.2 Å². The van der Waals surface area contributed by atoms with Gasteiger partial charge in [-0.2, -0.15) is 4.52 Å². The lowest BCUT2D eigenvalue weighted by atomic mass is 10.1. The van der Waals surface area contributed by atoms with Gasteiger partial charge in [-0.25, -0.2) is 0 Å². The number of carbonyl (C=O) groups is 1. The third-order valence-electron chi connectivity index (χ3n) is 5.34. The molecule has 8 nitrogen and oxygen atoms in total. The second kappa shape index (κ2) is 8.43. The number of hydrogen-bond donors (Lipinski definition) is 0. The Morgan fingerprint density at radius 3 is 2.55 bits per heavy atom. The molecule has 0 radical (unpaired) electrons. The van der Waals surface area contributed by atoms with Crippen LogP contribution in [0, 0.1) is 0 Å². The highest BCUT2D eigenvalue weighted by molar-refractivity contribution is 5.79. The summed E-state index contributed by atoms with van der Waals surface area (Å²) in [7, 11) is 0. The summed E-state index contributed by atoms with van der Waals surface area (Å²) in [6, 6.07) is 21.2. The van der Waals surface area contributed by atoms with Crippen LogP contribution >= 0.6 is 0 Å². The summed E-state index contributed by atoms with van der Waals surface area (Å²) < 4.78 is 7.55. The number of rotatable bonds is 5. The van der Waals surface area contributed by atoms with E-state index in [1.165, 1.54) is 0 Å². The van der Waals surface area contributed by atoms with Crippen molar-refractivity contribution in [3.8, 4) is 11.5 Å². The molecule has 1 fully saturated rings. The highest BCUT2D eigenvalue weighted by Crippen LogP contribution is 2.22. The van der Waals surface area contributed by atoms with Crippen molar-refractivity contribution in [2.24, 2.45) is 0 Å². The van der Waals surface area contributed by atoms with E-state index in [0.29, 0.717) is 19.5 Å². The topological polar surface area (TPSA) is 75.9 Å². The smallest absolute Gasteiger partial charge is 0.227 e. The zero-order chi connectivity index (χ0) is 21.0. The number of amides is 1. The Labute approximate surface area is 179 Å². The average Bonchev–Trinajstić information content (AvgIpc) is 3.28. The summed E-state index contributed by atoms with van der Waals surface area (Å²) >= 11 is 0. The van der Waals surface area contributed by atoms with Gasteiger partial charge in [0.1, 0.15) is 23.6 Å². The van der Waals surface area contributed by atoms with Crippen LogP contribution in [-0.4, -0.2) is 56.8 Å². The molecule has 0 atom stereocenters. The molecule has 1 aliphatic heterocycles. The van der Waals surface area contributed by atoms with Crippen molar-refractivity contribution < 1.29 is 9.53 Å². The van der Waals surface area contributed by atoms with Gasteiger partial charge < -0.3 is 14.5 Å². The highest BCUT2D eigenvalue weighted by Gasteiger charge is 2.22. The van der Waals surface area contributed by atoms with Crippen molar-refractivity contribution in [2.45, 2.75) is 6.42 Å². The van der Waals surface area contributed by atoms with Crippen LogP contribution < -0.4 is 9.64 Å². The van der Waals surface area contributed by atoms with E-state index in [0.717, 1.165) is 41.6 Å². The maximum Gasteiger partial charge on any atom is 0.227 e. The van der Waals surface area contributed by atoms with E-state index in [1.807, 2.05) is 71.6 Å². The number of hydrogen-bond acceptors (Lipinski definition) is 6. The standard InChI is InChI=1S/C23H22N6O2/c30-23(16-18-5-4-8-20(15-18)31-19-6-2-1-3-7-19)28-13-11-27(12-14-28)22-10-9-21-25-24-17-29(21)26-22/h1-10,15,17H,11-14,16H2. The van der Waals surface area contributed by atoms with Gasteiger partial charge in [-0.15, -0.1) is 15.3 Å². The van der Waals surface area contributed by atoms with E-state index < -0.39 is 0 Å². The van der Waals surface area contributed by atoms with E-state index in [9.17, 15) is 4.79 Å². The Morgan fingerprint density at radius 1 is 0.903 bits per heavy atom. The van der Waals surface area contributed by atoms with Gasteiger partial charge in [0.2, 0.25) is 5.91 Å². The highest BCUT2D eigenvalue weighted by atomic mass is 16.5. The fourth-order valence-corrected chi connectivity index (χ4v) is 3.70. The monoisotopic (exact) mass is 414 g/mol. The number of benzene rings is 2. The summed E-state index contributed by atoms with van der Waals surface area (Å²) in [6.45, 7) is 2.81. The van der Waals surface area contributed by atoms with Crippen molar-refractivity contribution >= 4 is 17.4 Å². The Bertz CT molecular complexity index is 1180. The number of para-hydroxylation sites is 1. The molecule has 5 rings (SSSR count). The van der Waals surface area contributed by atoms with Crippen LogP contribution in [0.3, 0.4) is 0 Å². The van der Waals surface area contributed by atoms with Crippen LogP contribution in [-0.2, 0) is 11.2 Å². The third kappa shape index (κ3) is 4.32. The lowest BCUT2D eigenvalue weighted by Gasteiger charge is -2.35. The first-order valence-corrected chi connectivity index (χ1v) is 10.3. The minimum absolute atomic E-state index is 0.124. The van der Waals surface area contributed by atoms with Gasteiger partial charge in [0.05, 0.1) is 6.42 Å². The van der Waals surface area contributed by atoms with E-state index in [-0.39, 0.29) is 5.91 Å². The minimum Gasteiger partial charge on any atom is -0.457 e. The lowest BCUT2D eigenvalue weighted by molar-refractivity contribution is -0.130. The Balaban J connectivity index is 1.18. The van der Waals surface area contributed by atoms with Crippen LogP contribution in [0.25, 0.3) is 5.65 Å². The van der Waals surface area contributed by atoms with Crippen molar-refractivity contribution in [3.63, 3.8) is 0 Å². The maximum absolute atomic E-state index is 12.9. The zero-order valence-electron chi connectivity index (χ0n) is 17.0. The molecule has 0 aliphatic carbocycles. The molecule has 0 N–H and O–H groups in total. The van der Waals surface area contributed by atoms with Crippen LogP contribution in [0.4, 0.5) is 5.82 Å². The first-order valence-electron chi connectivity index (χ1n) is 10.3. The molecule has 1 saturated heterocycles. The van der Waals surface area contributed by atoms with Crippen LogP contribution in [0.2, 0.25) is 0 Å². The van der Waals surface area contributed by atoms with Gasteiger partial charge >= 0.3 is 0 Å². The molecule has 156 valence electrons. The number of fused-ring (bicyclic) bond motifs is 1. The lowest BCUT2D eigenvalue weighted by Crippen LogP contribution is -2.49. The molecule has 2 aromatic carbocycles. The Morgan fingerprint density at radius 2 is 1.71 bits per heavy atom. The molecule has 0 bridgehead atoms. The van der Waals surface area contributed by atoms with Crippen LogP contribution in [0.5, 0.6) is 11.5 Å². The van der Waals surface area contributed by atoms with E-state index in [1.54, 1.807) is 10.8 Å². The van der Waals surface area contributed by atoms with E-state index >= 15 is 0 Å². The maximum atomic E-state index is 12.9. The quantitative estimate of drug-likeness (QED) is 0.500. The predicted molar refractivity (Wildman–Crippen MR) is 116 cm³/mol. The van der Waals surface area contributed by atoms with Gasteiger partial charge in [-0.05, 0) is 42.0 Å². The first kappa shape index (κ1) is 19.0. The number of aromatic nitrogens is 4. The summed E-state index contributed by atoms with van der Waals surface area (Å²) in [4.78, 5) is 16.9.